The van der Waals surface area contributed by atoms with Gasteiger partial charge in [0.1, 0.15) is 10.7 Å². The summed E-state index contributed by atoms with van der Waals surface area (Å²) in [5.41, 5.74) is 0.917. The first kappa shape index (κ1) is 14.2. The number of aryl methyl sites for hydroxylation is 2. The number of nitrogens with one attached hydrogen (secondary N) is 1. The number of hydrogen-bond acceptors (Lipinski definition) is 5. The Morgan fingerprint density at radius 3 is 2.86 bits per heavy atom. The molecule has 21 heavy (non-hydrogen) atoms. The zero-order valence-corrected chi connectivity index (χ0v) is 12.8. The normalized spacial score (nSPS) is 16.3. The lowest BCUT2D eigenvalue weighted by atomic mass is 9.96. The Kier molecular flexibility index (Phi) is 3.54. The zero-order chi connectivity index (χ0) is 15.1. The molecular weight excluding hydrogens is 290 g/mol. The number of carbonyl (C=O) groups is 1. The molecule has 0 amide bonds. The van der Waals surface area contributed by atoms with Gasteiger partial charge in [-0.1, -0.05) is 0 Å². The molecule has 1 aliphatic heterocycles. The van der Waals surface area contributed by atoms with Crippen molar-refractivity contribution in [3.63, 3.8) is 0 Å². The molecule has 7 heteroatoms. The summed E-state index contributed by atoms with van der Waals surface area (Å²) in [5.74, 6) is 0.115. The molecule has 112 valence electrons. The Balaban J connectivity index is 1.74. The van der Waals surface area contributed by atoms with Gasteiger partial charge >= 0.3 is 5.97 Å². The minimum atomic E-state index is -0.753. The van der Waals surface area contributed by atoms with E-state index in [-0.39, 0.29) is 17.9 Å². The topological polar surface area (TPSA) is 86.3 Å². The van der Waals surface area contributed by atoms with Crippen molar-refractivity contribution in [2.24, 2.45) is 5.92 Å². The van der Waals surface area contributed by atoms with Gasteiger partial charge in [-0.25, -0.2) is 4.98 Å². The van der Waals surface area contributed by atoms with Crippen LogP contribution in [-0.4, -0.2) is 39.0 Å². The molecule has 0 atom stereocenters. The summed E-state index contributed by atoms with van der Waals surface area (Å²) in [5, 5.41) is 9.42. The van der Waals surface area contributed by atoms with Crippen molar-refractivity contribution in [3.8, 4) is 0 Å². The Morgan fingerprint density at radius 2 is 2.19 bits per heavy atom. The van der Waals surface area contributed by atoms with Crippen LogP contribution in [-0.2, 0) is 11.3 Å². The van der Waals surface area contributed by atoms with Crippen LogP contribution in [0.1, 0.15) is 22.7 Å². The van der Waals surface area contributed by atoms with E-state index in [1.54, 1.807) is 11.3 Å². The molecule has 0 aliphatic carbocycles. The molecular formula is C14H17N3O3S. The highest BCUT2D eigenvalue weighted by Crippen LogP contribution is 2.26. The summed E-state index contributed by atoms with van der Waals surface area (Å²) in [6.07, 6.45) is 0.211. The Hall–Kier alpha value is -1.73. The average molecular weight is 307 g/mol. The van der Waals surface area contributed by atoms with Gasteiger partial charge in [-0.05, 0) is 25.3 Å². The third kappa shape index (κ3) is 2.71. The van der Waals surface area contributed by atoms with Crippen LogP contribution < -0.4 is 5.56 Å². The van der Waals surface area contributed by atoms with Gasteiger partial charge in [-0.2, -0.15) is 0 Å². The van der Waals surface area contributed by atoms with E-state index < -0.39 is 5.97 Å². The minimum absolute atomic E-state index is 0.0838. The molecule has 1 saturated heterocycles. The van der Waals surface area contributed by atoms with Crippen LogP contribution in [0.25, 0.3) is 10.2 Å². The second-order valence-electron chi connectivity index (χ2n) is 5.63. The lowest BCUT2D eigenvalue weighted by molar-refractivity contribution is -0.139. The second-order valence-corrected chi connectivity index (χ2v) is 6.84. The zero-order valence-electron chi connectivity index (χ0n) is 12.0. The van der Waals surface area contributed by atoms with Crippen molar-refractivity contribution >= 4 is 27.5 Å². The quantitative estimate of drug-likeness (QED) is 0.894. The van der Waals surface area contributed by atoms with E-state index in [1.165, 1.54) is 0 Å². The molecule has 0 radical (unpaired) electrons. The van der Waals surface area contributed by atoms with E-state index >= 15 is 0 Å². The number of nitrogens with zero attached hydrogens (tertiary/aromatic N) is 2. The number of rotatable bonds is 4. The first-order chi connectivity index (χ1) is 9.94. The van der Waals surface area contributed by atoms with Gasteiger partial charge in [0, 0.05) is 18.0 Å². The fourth-order valence-electron chi connectivity index (χ4n) is 2.77. The number of aliphatic carboxylic acids is 1. The summed E-state index contributed by atoms with van der Waals surface area (Å²) in [6, 6.07) is 0. The summed E-state index contributed by atoms with van der Waals surface area (Å²) in [6.45, 7) is 5.99. The van der Waals surface area contributed by atoms with Crippen molar-refractivity contribution < 1.29 is 9.90 Å². The summed E-state index contributed by atoms with van der Waals surface area (Å²) >= 11 is 1.54. The maximum Gasteiger partial charge on any atom is 0.303 e. The van der Waals surface area contributed by atoms with E-state index in [0.29, 0.717) is 17.8 Å². The van der Waals surface area contributed by atoms with Gasteiger partial charge in [0.25, 0.3) is 5.56 Å². The number of thiophene rings is 1. The van der Waals surface area contributed by atoms with Crippen LogP contribution in [0, 0.1) is 19.8 Å². The van der Waals surface area contributed by atoms with Gasteiger partial charge in [0.2, 0.25) is 0 Å². The van der Waals surface area contributed by atoms with E-state index in [0.717, 1.165) is 28.4 Å². The number of H-pyrrole nitrogens is 1. The molecule has 0 saturated carbocycles. The number of aromatic nitrogens is 2. The van der Waals surface area contributed by atoms with Gasteiger partial charge in [0.05, 0.1) is 18.4 Å². The minimum Gasteiger partial charge on any atom is -0.481 e. The number of likely N-dealkylation sites (tertiary alicyclic amines) is 1. The van der Waals surface area contributed by atoms with E-state index in [2.05, 4.69) is 14.9 Å². The molecule has 2 aromatic heterocycles. The molecule has 0 spiro atoms. The van der Waals surface area contributed by atoms with Crippen molar-refractivity contribution in [2.75, 3.05) is 13.1 Å². The summed E-state index contributed by atoms with van der Waals surface area (Å²) < 4.78 is 0. The maximum atomic E-state index is 12.1. The predicted octanol–water partition coefficient (Wildman–Crippen LogP) is 1.51. The molecule has 0 unspecified atom stereocenters. The lowest BCUT2D eigenvalue weighted by Gasteiger charge is -2.38. The SMILES string of the molecule is Cc1sc2nc(CN3CC(CC(=O)O)C3)[nH]c(=O)c2c1C. The smallest absolute Gasteiger partial charge is 0.303 e. The first-order valence-electron chi connectivity index (χ1n) is 6.87. The lowest BCUT2D eigenvalue weighted by Crippen LogP contribution is -2.47. The van der Waals surface area contributed by atoms with Gasteiger partial charge in [-0.15, -0.1) is 11.3 Å². The highest BCUT2D eigenvalue weighted by molar-refractivity contribution is 7.18. The highest BCUT2D eigenvalue weighted by atomic mass is 32.1. The largest absolute Gasteiger partial charge is 0.481 e. The van der Waals surface area contributed by atoms with Gasteiger partial charge in [-0.3, -0.25) is 14.5 Å². The second kappa shape index (κ2) is 5.23. The third-order valence-electron chi connectivity index (χ3n) is 3.96. The Bertz CT molecular complexity index is 759. The van der Waals surface area contributed by atoms with Crippen molar-refractivity contribution in [1.82, 2.24) is 14.9 Å². The molecule has 1 aliphatic rings. The number of hydrogen-bond donors (Lipinski definition) is 2. The van der Waals surface area contributed by atoms with Crippen LogP contribution in [0.4, 0.5) is 0 Å². The van der Waals surface area contributed by atoms with Crippen molar-refractivity contribution in [1.29, 1.82) is 0 Å². The predicted molar refractivity (Wildman–Crippen MR) is 80.7 cm³/mol. The summed E-state index contributed by atoms with van der Waals surface area (Å²) in [4.78, 5) is 34.1. The molecule has 6 nitrogen and oxygen atoms in total. The Morgan fingerprint density at radius 1 is 1.48 bits per heavy atom. The average Bonchev–Trinajstić information content (AvgIpc) is 2.62. The van der Waals surface area contributed by atoms with Gasteiger partial charge < -0.3 is 10.1 Å². The summed E-state index contributed by atoms with van der Waals surface area (Å²) in [7, 11) is 0. The molecule has 3 rings (SSSR count). The molecule has 3 heterocycles. The van der Waals surface area contributed by atoms with E-state index in [4.69, 9.17) is 5.11 Å². The van der Waals surface area contributed by atoms with Crippen LogP contribution in [0.3, 0.4) is 0 Å². The molecule has 1 fully saturated rings. The Labute approximate surface area is 125 Å². The fourth-order valence-corrected chi connectivity index (χ4v) is 3.82. The van der Waals surface area contributed by atoms with Crippen LogP contribution >= 0.6 is 11.3 Å². The molecule has 2 aromatic rings. The van der Waals surface area contributed by atoms with Crippen molar-refractivity contribution in [2.45, 2.75) is 26.8 Å². The monoisotopic (exact) mass is 307 g/mol. The number of fused-ring (bicyclic) bond motifs is 1. The number of aromatic amines is 1. The highest BCUT2D eigenvalue weighted by Gasteiger charge is 2.29. The maximum absolute atomic E-state index is 12.1. The van der Waals surface area contributed by atoms with E-state index in [9.17, 15) is 9.59 Å². The fraction of sp³-hybridized carbons (Fsp3) is 0.500. The molecule has 2 N–H and O–H groups in total. The number of carboxylic acids is 1. The first-order valence-corrected chi connectivity index (χ1v) is 7.68. The van der Waals surface area contributed by atoms with Crippen LogP contribution in [0.5, 0.6) is 0 Å². The third-order valence-corrected chi connectivity index (χ3v) is 5.06. The van der Waals surface area contributed by atoms with E-state index in [1.807, 2.05) is 13.8 Å². The number of carboxylic acid groups (broad SMARTS) is 1. The van der Waals surface area contributed by atoms with Crippen LogP contribution in [0.15, 0.2) is 4.79 Å². The van der Waals surface area contributed by atoms with Crippen molar-refractivity contribution in [3.05, 3.63) is 26.6 Å². The molecule has 0 bridgehead atoms. The molecule has 0 aromatic carbocycles. The standard InChI is InChI=1S/C14H17N3O3S/c1-7-8(2)21-14-12(7)13(20)15-10(16-14)6-17-4-9(5-17)3-11(18)19/h9H,3-6H2,1-2H3,(H,18,19)(H,15,16,20). The van der Waals surface area contributed by atoms with Gasteiger partial charge in [0.15, 0.2) is 0 Å². The van der Waals surface area contributed by atoms with Crippen LogP contribution in [0.2, 0.25) is 0 Å².